The molecule has 0 amide bonds. The van der Waals surface area contributed by atoms with Gasteiger partial charge < -0.3 is 74.4 Å². The number of aliphatic hydroxyl groups is 9. The van der Waals surface area contributed by atoms with Crippen molar-refractivity contribution >= 4 is 0 Å². The van der Waals surface area contributed by atoms with E-state index in [-0.39, 0.29) is 6.61 Å². The van der Waals surface area contributed by atoms with E-state index in [2.05, 4.69) is 0 Å². The van der Waals surface area contributed by atoms with Crippen LogP contribution in [0.25, 0.3) is 0 Å². The highest BCUT2D eigenvalue weighted by molar-refractivity contribution is 5.23. The Bertz CT molecular complexity index is 808. The normalized spacial score (nSPS) is 54.3. The van der Waals surface area contributed by atoms with Crippen molar-refractivity contribution in [2.45, 2.75) is 86.0 Å². The molecular formula is C21H32O15. The molecule has 0 unspecified atom stereocenters. The third-order valence-electron chi connectivity index (χ3n) is 7.54. The fourth-order valence-corrected chi connectivity index (χ4v) is 5.42. The molecule has 0 bridgehead atoms. The number of hydrogen-bond acceptors (Lipinski definition) is 15. The van der Waals surface area contributed by atoms with Crippen LogP contribution in [0.5, 0.6) is 0 Å². The van der Waals surface area contributed by atoms with Crippen LogP contribution < -0.4 is 0 Å². The lowest BCUT2D eigenvalue weighted by molar-refractivity contribution is -0.343. The monoisotopic (exact) mass is 524 g/mol. The van der Waals surface area contributed by atoms with E-state index < -0.39 is 111 Å². The van der Waals surface area contributed by atoms with E-state index in [1.807, 2.05) is 0 Å². The molecule has 206 valence electrons. The highest BCUT2D eigenvalue weighted by Crippen LogP contribution is 2.54. The molecule has 4 heterocycles. The molecule has 4 fully saturated rings. The van der Waals surface area contributed by atoms with Gasteiger partial charge in [-0.05, 0) is 5.57 Å². The number of fused-ring (bicyclic) bond motifs is 3. The summed E-state index contributed by atoms with van der Waals surface area (Å²) in [5, 5.41) is 89.9. The maximum absolute atomic E-state index is 10.8. The summed E-state index contributed by atoms with van der Waals surface area (Å²) in [5.41, 5.74) is 0.453. The molecule has 1 aliphatic carbocycles. The van der Waals surface area contributed by atoms with Crippen molar-refractivity contribution in [3.63, 3.8) is 0 Å². The van der Waals surface area contributed by atoms with Crippen molar-refractivity contribution in [3.8, 4) is 0 Å². The first-order chi connectivity index (χ1) is 17.2. The summed E-state index contributed by atoms with van der Waals surface area (Å²) in [6, 6.07) is 0. The second kappa shape index (κ2) is 10.3. The maximum Gasteiger partial charge on any atom is 0.207 e. The van der Waals surface area contributed by atoms with Gasteiger partial charge in [0.15, 0.2) is 12.6 Å². The van der Waals surface area contributed by atoms with Crippen LogP contribution in [0, 0.1) is 11.8 Å². The van der Waals surface area contributed by atoms with Crippen LogP contribution >= 0.6 is 0 Å². The highest BCUT2D eigenvalue weighted by atomic mass is 16.8. The molecule has 0 aromatic rings. The number of hydrogen-bond donors (Lipinski definition) is 9. The molecule has 4 aliphatic heterocycles. The Labute approximate surface area is 204 Å². The molecule has 15 nitrogen and oxygen atoms in total. The first-order valence-electron chi connectivity index (χ1n) is 11.7. The predicted molar refractivity (Wildman–Crippen MR) is 109 cm³/mol. The van der Waals surface area contributed by atoms with Crippen molar-refractivity contribution in [2.24, 2.45) is 11.8 Å². The average molecular weight is 524 g/mol. The molecule has 3 saturated heterocycles. The van der Waals surface area contributed by atoms with Gasteiger partial charge in [-0.15, -0.1) is 0 Å². The van der Waals surface area contributed by atoms with Crippen LogP contribution in [-0.2, 0) is 28.4 Å². The summed E-state index contributed by atoms with van der Waals surface area (Å²) in [6.07, 6.45) is -16.5. The van der Waals surface area contributed by atoms with Crippen molar-refractivity contribution in [2.75, 3.05) is 19.8 Å². The lowest BCUT2D eigenvalue weighted by Crippen LogP contribution is -2.60. The van der Waals surface area contributed by atoms with Crippen molar-refractivity contribution < 1.29 is 74.4 Å². The fraction of sp³-hybridized carbons (Fsp3) is 0.905. The molecule has 9 N–H and O–H groups in total. The second-order valence-corrected chi connectivity index (χ2v) is 9.70. The zero-order valence-electron chi connectivity index (χ0n) is 18.9. The van der Waals surface area contributed by atoms with Gasteiger partial charge in [0, 0.05) is 5.92 Å². The first kappa shape index (κ1) is 26.6. The predicted octanol–water partition coefficient (Wildman–Crippen LogP) is -5.77. The van der Waals surface area contributed by atoms with Gasteiger partial charge in [0.05, 0.1) is 44.2 Å². The quantitative estimate of drug-likeness (QED) is 0.141. The zero-order chi connectivity index (χ0) is 25.9. The van der Waals surface area contributed by atoms with Crippen LogP contribution in [0.2, 0.25) is 0 Å². The Morgan fingerprint density at radius 3 is 1.83 bits per heavy atom. The van der Waals surface area contributed by atoms with Gasteiger partial charge in [0.1, 0.15) is 54.9 Å². The molecule has 0 spiro atoms. The summed E-state index contributed by atoms with van der Waals surface area (Å²) in [6.45, 7) is -1.46. The number of rotatable bonds is 7. The molecule has 16 atom stereocenters. The minimum absolute atomic E-state index is 0.215. The van der Waals surface area contributed by atoms with Gasteiger partial charge in [0.25, 0.3) is 0 Å². The Kier molecular flexibility index (Phi) is 7.59. The summed E-state index contributed by atoms with van der Waals surface area (Å²) in [7, 11) is 0. The van der Waals surface area contributed by atoms with E-state index in [1.165, 1.54) is 6.26 Å². The first-order valence-corrected chi connectivity index (χ1v) is 11.7. The third-order valence-corrected chi connectivity index (χ3v) is 7.54. The summed E-state index contributed by atoms with van der Waals surface area (Å²) in [4.78, 5) is 0. The van der Waals surface area contributed by atoms with Crippen LogP contribution in [-0.4, -0.2) is 152 Å². The van der Waals surface area contributed by atoms with E-state index >= 15 is 0 Å². The summed E-state index contributed by atoms with van der Waals surface area (Å²) in [5.74, 6) is -1.18. The lowest BCUT2D eigenvalue weighted by atomic mass is 9.85. The minimum Gasteiger partial charge on any atom is -0.472 e. The SMILES string of the molecule is OC[C@H]1O[C@@H](OCC2=CO[C@@H](O[C@@H]3O[C@H](CO)[C@@H](O)[C@H](O)[C@H]3O)[C@H]3[C@H]4O[C@H]4[C@@H](O)[C@@H]23)[C@H](O)[C@@H](O)[C@@H]1O. The number of ether oxygens (including phenoxy) is 6. The van der Waals surface area contributed by atoms with Gasteiger partial charge in [-0.1, -0.05) is 0 Å². The number of epoxide rings is 1. The second-order valence-electron chi connectivity index (χ2n) is 9.70. The molecule has 0 aromatic heterocycles. The van der Waals surface area contributed by atoms with Crippen LogP contribution in [0.4, 0.5) is 0 Å². The summed E-state index contributed by atoms with van der Waals surface area (Å²) < 4.78 is 33.3. The Balaban J connectivity index is 1.27. The molecule has 0 radical (unpaired) electrons. The summed E-state index contributed by atoms with van der Waals surface area (Å²) >= 11 is 0. The van der Waals surface area contributed by atoms with E-state index in [9.17, 15) is 46.0 Å². The molecule has 0 aromatic carbocycles. The fourth-order valence-electron chi connectivity index (χ4n) is 5.42. The molecule has 36 heavy (non-hydrogen) atoms. The van der Waals surface area contributed by atoms with Crippen molar-refractivity contribution in [1.29, 1.82) is 0 Å². The Morgan fingerprint density at radius 1 is 0.639 bits per heavy atom. The largest absolute Gasteiger partial charge is 0.472 e. The lowest BCUT2D eigenvalue weighted by Gasteiger charge is -2.43. The van der Waals surface area contributed by atoms with Gasteiger partial charge in [-0.2, -0.15) is 0 Å². The van der Waals surface area contributed by atoms with Crippen LogP contribution in [0.15, 0.2) is 11.8 Å². The highest BCUT2D eigenvalue weighted by Gasteiger charge is 2.67. The van der Waals surface area contributed by atoms with Gasteiger partial charge in [-0.25, -0.2) is 0 Å². The minimum atomic E-state index is -1.65. The standard InChI is InChI=1S/C21H32O15/c22-1-6-10(24)13(27)15(29)20(33-6)32-4-5-3-31-19(9-8(5)12(26)18-17(9)35-18)36-21-16(30)14(28)11(25)7(2-23)34-21/h3,6-30H,1-2,4H2/t6-,7-,8+,9-,10-,11-,12+,13+,14+,15-,16-,17-,18+,19+,20-,21+/m1/s1. The van der Waals surface area contributed by atoms with Crippen LogP contribution in [0.1, 0.15) is 0 Å². The van der Waals surface area contributed by atoms with Gasteiger partial charge >= 0.3 is 0 Å². The third kappa shape index (κ3) is 4.46. The molecular weight excluding hydrogens is 492 g/mol. The Morgan fingerprint density at radius 2 is 1.22 bits per heavy atom. The molecule has 15 heteroatoms. The average Bonchev–Trinajstić information content (AvgIpc) is 3.62. The molecule has 1 saturated carbocycles. The van der Waals surface area contributed by atoms with E-state index in [0.717, 1.165) is 0 Å². The van der Waals surface area contributed by atoms with Gasteiger partial charge in [0.2, 0.25) is 6.29 Å². The van der Waals surface area contributed by atoms with E-state index in [4.69, 9.17) is 28.4 Å². The maximum atomic E-state index is 10.8. The zero-order valence-corrected chi connectivity index (χ0v) is 18.9. The van der Waals surface area contributed by atoms with E-state index in [1.54, 1.807) is 0 Å². The van der Waals surface area contributed by atoms with Crippen molar-refractivity contribution in [3.05, 3.63) is 11.8 Å². The van der Waals surface area contributed by atoms with E-state index in [0.29, 0.717) is 5.57 Å². The Hall–Kier alpha value is -1.02. The molecule has 5 rings (SSSR count). The number of aliphatic hydroxyl groups excluding tert-OH is 9. The van der Waals surface area contributed by atoms with Crippen LogP contribution in [0.3, 0.4) is 0 Å². The topological polar surface area (TPSA) is 241 Å². The molecule has 5 aliphatic rings. The van der Waals surface area contributed by atoms with Gasteiger partial charge in [-0.3, -0.25) is 0 Å². The van der Waals surface area contributed by atoms with Crippen molar-refractivity contribution in [1.82, 2.24) is 0 Å². The smallest absolute Gasteiger partial charge is 0.207 e.